The summed E-state index contributed by atoms with van der Waals surface area (Å²) in [5, 5.41) is 3.51. The van der Waals surface area contributed by atoms with Crippen LogP contribution in [0.2, 0.25) is 0 Å². The fraction of sp³-hybridized carbons (Fsp3) is 0.882. The number of nitrogens with one attached hydrogen (secondary N) is 1. The van der Waals surface area contributed by atoms with Crippen LogP contribution in [0.5, 0.6) is 0 Å². The Morgan fingerprint density at radius 2 is 2.13 bits per heavy atom. The standard InChI is InChI=1S/C17H32N4O2/c1-5-7-20-8-6-14(11-20)9-19-17(18-3)21-10-13(2)15(12-21)16(22)23-4/h13-15H,5-12H2,1-4H3,(H,18,19). The Hall–Kier alpha value is -1.30. The Bertz CT molecular complexity index is 427. The minimum absolute atomic E-state index is 0.0509. The molecule has 2 aliphatic rings. The molecule has 0 spiro atoms. The van der Waals surface area contributed by atoms with Crippen molar-refractivity contribution in [3.63, 3.8) is 0 Å². The first-order valence-electron chi connectivity index (χ1n) is 8.84. The van der Waals surface area contributed by atoms with Crippen LogP contribution in [0.25, 0.3) is 0 Å². The van der Waals surface area contributed by atoms with E-state index in [0.717, 1.165) is 19.0 Å². The second kappa shape index (κ2) is 8.52. The van der Waals surface area contributed by atoms with Crippen molar-refractivity contribution in [2.24, 2.45) is 22.7 Å². The normalized spacial score (nSPS) is 29.1. The van der Waals surface area contributed by atoms with Crippen LogP contribution in [0.4, 0.5) is 0 Å². The van der Waals surface area contributed by atoms with Gasteiger partial charge in [0.15, 0.2) is 5.96 Å². The molecule has 0 aliphatic carbocycles. The molecule has 132 valence electrons. The lowest BCUT2D eigenvalue weighted by Gasteiger charge is -2.23. The average Bonchev–Trinajstić information content (AvgIpc) is 3.14. The number of carbonyl (C=O) groups excluding carboxylic acids is 1. The van der Waals surface area contributed by atoms with Gasteiger partial charge >= 0.3 is 5.97 Å². The molecule has 3 atom stereocenters. The van der Waals surface area contributed by atoms with Crippen molar-refractivity contribution in [3.05, 3.63) is 0 Å². The SMILES string of the molecule is CCCN1CCC(CNC(=NC)N2CC(C)C(C(=O)OC)C2)C1. The molecular weight excluding hydrogens is 292 g/mol. The molecule has 0 amide bonds. The number of hydrogen-bond donors (Lipinski definition) is 1. The highest BCUT2D eigenvalue weighted by Crippen LogP contribution is 2.24. The van der Waals surface area contributed by atoms with Gasteiger partial charge in [0.2, 0.25) is 0 Å². The lowest BCUT2D eigenvalue weighted by atomic mass is 9.99. The van der Waals surface area contributed by atoms with Gasteiger partial charge in [-0.05, 0) is 37.8 Å². The second-order valence-electron chi connectivity index (χ2n) is 6.90. The summed E-state index contributed by atoms with van der Waals surface area (Å²) in [7, 11) is 3.28. The van der Waals surface area contributed by atoms with E-state index in [1.165, 1.54) is 39.6 Å². The molecule has 0 bridgehead atoms. The van der Waals surface area contributed by atoms with E-state index in [1.807, 2.05) is 7.05 Å². The Labute approximate surface area is 140 Å². The first-order chi connectivity index (χ1) is 11.1. The number of esters is 1. The van der Waals surface area contributed by atoms with E-state index in [-0.39, 0.29) is 11.9 Å². The van der Waals surface area contributed by atoms with Gasteiger partial charge in [-0.2, -0.15) is 0 Å². The van der Waals surface area contributed by atoms with Crippen LogP contribution >= 0.6 is 0 Å². The van der Waals surface area contributed by atoms with Gasteiger partial charge in [0.1, 0.15) is 0 Å². The number of guanidine groups is 1. The number of ether oxygens (including phenoxy) is 1. The molecular formula is C17H32N4O2. The summed E-state index contributed by atoms with van der Waals surface area (Å²) in [4.78, 5) is 21.0. The van der Waals surface area contributed by atoms with Crippen LogP contribution in [0, 0.1) is 17.8 Å². The average molecular weight is 324 g/mol. The highest BCUT2D eigenvalue weighted by molar-refractivity contribution is 5.82. The van der Waals surface area contributed by atoms with Crippen LogP contribution in [0.15, 0.2) is 4.99 Å². The lowest BCUT2D eigenvalue weighted by molar-refractivity contribution is -0.145. The van der Waals surface area contributed by atoms with Gasteiger partial charge in [-0.3, -0.25) is 9.79 Å². The van der Waals surface area contributed by atoms with Crippen molar-refractivity contribution < 1.29 is 9.53 Å². The summed E-state index contributed by atoms with van der Waals surface area (Å²) in [5.41, 5.74) is 0. The summed E-state index contributed by atoms with van der Waals surface area (Å²) in [6.07, 6.45) is 2.48. The first kappa shape index (κ1) is 18.0. The number of aliphatic imine (C=N–C) groups is 1. The van der Waals surface area contributed by atoms with Gasteiger partial charge in [0.25, 0.3) is 0 Å². The van der Waals surface area contributed by atoms with Gasteiger partial charge in [-0.15, -0.1) is 0 Å². The molecule has 2 aliphatic heterocycles. The maximum atomic E-state index is 11.8. The zero-order chi connectivity index (χ0) is 16.8. The zero-order valence-corrected chi connectivity index (χ0v) is 15.0. The predicted molar refractivity (Wildman–Crippen MR) is 92.4 cm³/mol. The minimum atomic E-state index is -0.110. The molecule has 2 heterocycles. The van der Waals surface area contributed by atoms with Gasteiger partial charge in [-0.25, -0.2) is 0 Å². The highest BCUT2D eigenvalue weighted by Gasteiger charge is 2.37. The molecule has 2 fully saturated rings. The van der Waals surface area contributed by atoms with Crippen molar-refractivity contribution >= 4 is 11.9 Å². The van der Waals surface area contributed by atoms with E-state index < -0.39 is 0 Å². The second-order valence-corrected chi connectivity index (χ2v) is 6.90. The van der Waals surface area contributed by atoms with Crippen LogP contribution < -0.4 is 5.32 Å². The van der Waals surface area contributed by atoms with Crippen molar-refractivity contribution in [3.8, 4) is 0 Å². The number of carbonyl (C=O) groups is 1. The van der Waals surface area contributed by atoms with Crippen LogP contribution in [0.1, 0.15) is 26.7 Å². The highest BCUT2D eigenvalue weighted by atomic mass is 16.5. The Morgan fingerprint density at radius 3 is 2.78 bits per heavy atom. The number of nitrogens with zero attached hydrogens (tertiary/aromatic N) is 3. The molecule has 6 heteroatoms. The Kier molecular flexibility index (Phi) is 6.69. The molecule has 0 radical (unpaired) electrons. The number of hydrogen-bond acceptors (Lipinski definition) is 4. The fourth-order valence-electron chi connectivity index (χ4n) is 3.76. The molecule has 23 heavy (non-hydrogen) atoms. The smallest absolute Gasteiger partial charge is 0.310 e. The van der Waals surface area contributed by atoms with Gasteiger partial charge in [-0.1, -0.05) is 13.8 Å². The van der Waals surface area contributed by atoms with Crippen LogP contribution in [-0.4, -0.2) is 75.2 Å². The minimum Gasteiger partial charge on any atom is -0.469 e. The van der Waals surface area contributed by atoms with E-state index in [4.69, 9.17) is 4.74 Å². The summed E-state index contributed by atoms with van der Waals surface area (Å²) in [5.74, 6) is 1.74. The first-order valence-corrected chi connectivity index (χ1v) is 8.84. The zero-order valence-electron chi connectivity index (χ0n) is 15.0. The third-order valence-corrected chi connectivity index (χ3v) is 5.09. The van der Waals surface area contributed by atoms with Crippen molar-refractivity contribution in [1.82, 2.24) is 15.1 Å². The Morgan fingerprint density at radius 1 is 1.35 bits per heavy atom. The summed E-state index contributed by atoms with van der Waals surface area (Å²) >= 11 is 0. The van der Waals surface area contributed by atoms with E-state index in [1.54, 1.807) is 0 Å². The molecule has 0 saturated carbocycles. The van der Waals surface area contributed by atoms with Crippen LogP contribution in [-0.2, 0) is 9.53 Å². The third-order valence-electron chi connectivity index (χ3n) is 5.09. The summed E-state index contributed by atoms with van der Waals surface area (Å²) < 4.78 is 4.91. The summed E-state index contributed by atoms with van der Waals surface area (Å²) in [6, 6.07) is 0. The van der Waals surface area contributed by atoms with E-state index in [0.29, 0.717) is 18.4 Å². The van der Waals surface area contributed by atoms with Gasteiger partial charge < -0.3 is 19.9 Å². The molecule has 1 N–H and O–H groups in total. The Balaban J connectivity index is 1.81. The largest absolute Gasteiger partial charge is 0.469 e. The third kappa shape index (κ3) is 4.59. The quantitative estimate of drug-likeness (QED) is 0.465. The fourth-order valence-corrected chi connectivity index (χ4v) is 3.76. The molecule has 0 aromatic rings. The molecule has 2 rings (SSSR count). The van der Waals surface area contributed by atoms with Crippen molar-refractivity contribution in [2.75, 3.05) is 53.4 Å². The molecule has 6 nitrogen and oxygen atoms in total. The van der Waals surface area contributed by atoms with E-state index in [9.17, 15) is 4.79 Å². The van der Waals surface area contributed by atoms with E-state index >= 15 is 0 Å². The predicted octanol–water partition coefficient (Wildman–Crippen LogP) is 1.03. The van der Waals surface area contributed by atoms with E-state index in [2.05, 4.69) is 34.0 Å². The number of rotatable bonds is 5. The maximum absolute atomic E-state index is 11.8. The van der Waals surface area contributed by atoms with Crippen molar-refractivity contribution in [1.29, 1.82) is 0 Å². The molecule has 3 unspecified atom stereocenters. The number of methoxy groups -OCH3 is 1. The lowest BCUT2D eigenvalue weighted by Crippen LogP contribution is -2.42. The number of likely N-dealkylation sites (tertiary alicyclic amines) is 2. The topological polar surface area (TPSA) is 57.2 Å². The van der Waals surface area contributed by atoms with Gasteiger partial charge in [0.05, 0.1) is 13.0 Å². The molecule has 2 saturated heterocycles. The molecule has 0 aromatic carbocycles. The van der Waals surface area contributed by atoms with Crippen molar-refractivity contribution in [2.45, 2.75) is 26.7 Å². The summed E-state index contributed by atoms with van der Waals surface area (Å²) in [6.45, 7) is 10.4. The van der Waals surface area contributed by atoms with Crippen LogP contribution in [0.3, 0.4) is 0 Å². The van der Waals surface area contributed by atoms with Gasteiger partial charge in [0, 0.05) is 33.2 Å². The molecule has 0 aromatic heterocycles. The maximum Gasteiger partial charge on any atom is 0.310 e. The monoisotopic (exact) mass is 324 g/mol.